The van der Waals surface area contributed by atoms with Gasteiger partial charge in [-0.3, -0.25) is 0 Å². The maximum atomic E-state index is 5.56. The van der Waals surface area contributed by atoms with E-state index >= 15 is 0 Å². The number of aromatic nitrogens is 1. The standard InChI is InChI=1S/C16H17NO/c1-10-9-11-7-5-6-8-12(11)13-14(10)18-17-15(13)16(2,3)4/h5-9H,1-4H3. The van der Waals surface area contributed by atoms with Crippen molar-refractivity contribution in [3.63, 3.8) is 0 Å². The van der Waals surface area contributed by atoms with Gasteiger partial charge in [0.05, 0.1) is 11.1 Å². The van der Waals surface area contributed by atoms with Gasteiger partial charge in [-0.25, -0.2) is 0 Å². The van der Waals surface area contributed by atoms with Crippen LogP contribution < -0.4 is 0 Å². The highest BCUT2D eigenvalue weighted by atomic mass is 16.5. The Hall–Kier alpha value is -1.83. The fourth-order valence-electron chi connectivity index (χ4n) is 2.47. The van der Waals surface area contributed by atoms with E-state index in [0.717, 1.165) is 22.2 Å². The minimum Gasteiger partial charge on any atom is -0.356 e. The fourth-order valence-corrected chi connectivity index (χ4v) is 2.47. The Bertz CT molecular complexity index is 732. The van der Waals surface area contributed by atoms with Gasteiger partial charge in [0.2, 0.25) is 0 Å². The molecule has 2 heteroatoms. The zero-order chi connectivity index (χ0) is 12.9. The van der Waals surface area contributed by atoms with E-state index in [1.807, 2.05) is 0 Å². The Morgan fingerprint density at radius 1 is 1.11 bits per heavy atom. The Labute approximate surface area is 107 Å². The molecule has 0 radical (unpaired) electrons. The van der Waals surface area contributed by atoms with E-state index in [9.17, 15) is 0 Å². The van der Waals surface area contributed by atoms with E-state index in [-0.39, 0.29) is 5.41 Å². The monoisotopic (exact) mass is 239 g/mol. The third kappa shape index (κ3) is 1.52. The van der Waals surface area contributed by atoms with Gasteiger partial charge in [0.25, 0.3) is 0 Å². The van der Waals surface area contributed by atoms with Crippen molar-refractivity contribution in [2.75, 3.05) is 0 Å². The van der Waals surface area contributed by atoms with Crippen LogP contribution >= 0.6 is 0 Å². The normalized spacial score (nSPS) is 12.4. The molecule has 0 bridgehead atoms. The largest absolute Gasteiger partial charge is 0.356 e. The zero-order valence-corrected chi connectivity index (χ0v) is 11.2. The molecule has 3 aromatic rings. The average Bonchev–Trinajstić information content (AvgIpc) is 2.74. The number of benzene rings is 2. The summed E-state index contributed by atoms with van der Waals surface area (Å²) in [4.78, 5) is 0. The topological polar surface area (TPSA) is 26.0 Å². The number of nitrogens with zero attached hydrogens (tertiary/aromatic N) is 1. The molecule has 0 unspecified atom stereocenters. The number of hydrogen-bond acceptors (Lipinski definition) is 2. The molecule has 0 N–H and O–H groups in total. The number of rotatable bonds is 0. The summed E-state index contributed by atoms with van der Waals surface area (Å²) in [5, 5.41) is 7.94. The lowest BCUT2D eigenvalue weighted by atomic mass is 9.88. The van der Waals surface area contributed by atoms with Crippen LogP contribution in [0.5, 0.6) is 0 Å². The van der Waals surface area contributed by atoms with E-state index < -0.39 is 0 Å². The average molecular weight is 239 g/mol. The Morgan fingerprint density at radius 3 is 2.56 bits per heavy atom. The predicted molar refractivity (Wildman–Crippen MR) is 75.0 cm³/mol. The number of hydrogen-bond donors (Lipinski definition) is 0. The molecule has 0 saturated heterocycles. The van der Waals surface area contributed by atoms with Gasteiger partial charge in [-0.1, -0.05) is 50.2 Å². The number of fused-ring (bicyclic) bond motifs is 3. The number of aryl methyl sites for hydroxylation is 1. The van der Waals surface area contributed by atoms with E-state index in [4.69, 9.17) is 4.52 Å². The molecular weight excluding hydrogens is 222 g/mol. The highest BCUT2D eigenvalue weighted by Crippen LogP contribution is 2.36. The van der Waals surface area contributed by atoms with Crippen LogP contribution in [0.25, 0.3) is 21.7 Å². The Morgan fingerprint density at radius 2 is 1.83 bits per heavy atom. The van der Waals surface area contributed by atoms with E-state index in [1.165, 1.54) is 10.8 Å². The van der Waals surface area contributed by atoms with Crippen LogP contribution in [0, 0.1) is 6.92 Å². The molecule has 0 saturated carbocycles. The van der Waals surface area contributed by atoms with Crippen LogP contribution in [0.1, 0.15) is 32.0 Å². The molecule has 92 valence electrons. The van der Waals surface area contributed by atoms with E-state index in [0.29, 0.717) is 0 Å². The van der Waals surface area contributed by atoms with Gasteiger partial charge in [-0.15, -0.1) is 0 Å². The maximum absolute atomic E-state index is 5.56. The molecule has 2 nitrogen and oxygen atoms in total. The minimum atomic E-state index is -0.0121. The summed E-state index contributed by atoms with van der Waals surface area (Å²) in [6.07, 6.45) is 0. The molecule has 0 aliphatic rings. The van der Waals surface area contributed by atoms with Gasteiger partial charge >= 0.3 is 0 Å². The molecule has 1 heterocycles. The second-order valence-corrected chi connectivity index (χ2v) is 5.90. The molecule has 1 aromatic heterocycles. The van der Waals surface area contributed by atoms with Crippen molar-refractivity contribution in [2.24, 2.45) is 0 Å². The van der Waals surface area contributed by atoms with Crippen molar-refractivity contribution >= 4 is 21.7 Å². The third-order valence-electron chi connectivity index (χ3n) is 3.36. The summed E-state index contributed by atoms with van der Waals surface area (Å²) in [5.74, 6) is 0. The molecule has 0 amide bonds. The SMILES string of the molecule is Cc1cc2ccccc2c2c(C(C)(C)C)noc12. The second kappa shape index (κ2) is 3.58. The first-order valence-corrected chi connectivity index (χ1v) is 6.27. The molecule has 0 aliphatic heterocycles. The summed E-state index contributed by atoms with van der Waals surface area (Å²) >= 11 is 0. The van der Waals surface area contributed by atoms with Crippen molar-refractivity contribution in [3.05, 3.63) is 41.6 Å². The quantitative estimate of drug-likeness (QED) is 0.573. The van der Waals surface area contributed by atoms with E-state index in [2.05, 4.69) is 63.2 Å². The van der Waals surface area contributed by atoms with Gasteiger partial charge in [-0.2, -0.15) is 0 Å². The molecule has 0 spiro atoms. The van der Waals surface area contributed by atoms with Crippen LogP contribution in [0.3, 0.4) is 0 Å². The van der Waals surface area contributed by atoms with Crippen LogP contribution in [0.2, 0.25) is 0 Å². The van der Waals surface area contributed by atoms with E-state index in [1.54, 1.807) is 0 Å². The second-order valence-electron chi connectivity index (χ2n) is 5.90. The smallest absolute Gasteiger partial charge is 0.170 e. The van der Waals surface area contributed by atoms with Gasteiger partial charge in [0, 0.05) is 5.41 Å². The summed E-state index contributed by atoms with van der Waals surface area (Å²) in [6.45, 7) is 8.58. The van der Waals surface area contributed by atoms with Crippen molar-refractivity contribution in [2.45, 2.75) is 33.1 Å². The molecule has 0 fully saturated rings. The summed E-state index contributed by atoms with van der Waals surface area (Å²) in [7, 11) is 0. The van der Waals surface area contributed by atoms with Crippen molar-refractivity contribution < 1.29 is 4.52 Å². The highest BCUT2D eigenvalue weighted by Gasteiger charge is 2.24. The first-order chi connectivity index (χ1) is 8.48. The summed E-state index contributed by atoms with van der Waals surface area (Å²) < 4.78 is 5.56. The van der Waals surface area contributed by atoms with Gasteiger partial charge in [-0.05, 0) is 29.3 Å². The van der Waals surface area contributed by atoms with Gasteiger partial charge < -0.3 is 4.52 Å². The molecule has 0 aliphatic carbocycles. The molecule has 0 atom stereocenters. The van der Waals surface area contributed by atoms with Crippen LogP contribution in [0.15, 0.2) is 34.9 Å². The Balaban J connectivity index is 2.56. The maximum Gasteiger partial charge on any atom is 0.170 e. The fraction of sp³-hybridized carbons (Fsp3) is 0.312. The first kappa shape index (κ1) is 11.3. The zero-order valence-electron chi connectivity index (χ0n) is 11.2. The molecule has 2 aromatic carbocycles. The summed E-state index contributed by atoms with van der Waals surface area (Å²) in [5.41, 5.74) is 3.09. The molecule has 18 heavy (non-hydrogen) atoms. The molecular formula is C16H17NO. The van der Waals surface area contributed by atoms with Crippen LogP contribution in [-0.4, -0.2) is 5.16 Å². The predicted octanol–water partition coefficient (Wildman–Crippen LogP) is 4.59. The van der Waals surface area contributed by atoms with Crippen LogP contribution in [-0.2, 0) is 5.41 Å². The van der Waals surface area contributed by atoms with Crippen molar-refractivity contribution in [1.82, 2.24) is 5.16 Å². The van der Waals surface area contributed by atoms with Gasteiger partial charge in [0.15, 0.2) is 5.58 Å². The minimum absolute atomic E-state index is 0.0121. The lowest BCUT2D eigenvalue weighted by Gasteiger charge is -2.15. The van der Waals surface area contributed by atoms with Crippen molar-refractivity contribution in [1.29, 1.82) is 0 Å². The summed E-state index contributed by atoms with van der Waals surface area (Å²) in [6, 6.07) is 10.6. The van der Waals surface area contributed by atoms with Crippen molar-refractivity contribution in [3.8, 4) is 0 Å². The van der Waals surface area contributed by atoms with Gasteiger partial charge in [0.1, 0.15) is 0 Å². The lowest BCUT2D eigenvalue weighted by Crippen LogP contribution is -2.11. The third-order valence-corrected chi connectivity index (χ3v) is 3.36. The molecule has 3 rings (SSSR count). The highest BCUT2D eigenvalue weighted by molar-refractivity contribution is 6.08. The lowest BCUT2D eigenvalue weighted by molar-refractivity contribution is 0.418. The van der Waals surface area contributed by atoms with Crippen LogP contribution in [0.4, 0.5) is 0 Å². The Kier molecular flexibility index (Phi) is 2.24. The first-order valence-electron chi connectivity index (χ1n) is 6.27.